The minimum absolute atomic E-state index is 0.108. The molecule has 1 aliphatic rings. The zero-order valence-electron chi connectivity index (χ0n) is 15.0. The molecule has 8 heteroatoms. The highest BCUT2D eigenvalue weighted by molar-refractivity contribution is 7.92. The fourth-order valence-corrected chi connectivity index (χ4v) is 4.45. The molecule has 2 aromatic carbocycles. The average molecular weight is 413 g/mol. The summed E-state index contributed by atoms with van der Waals surface area (Å²) in [6.45, 7) is 2.45. The number of nitrogens with zero attached hydrogens (tertiary/aromatic N) is 2. The van der Waals surface area contributed by atoms with Gasteiger partial charge in [-0.15, -0.1) is 0 Å². The van der Waals surface area contributed by atoms with Crippen LogP contribution in [-0.2, 0) is 16.6 Å². The van der Waals surface area contributed by atoms with Crippen LogP contribution in [0.4, 0.5) is 5.69 Å². The van der Waals surface area contributed by atoms with E-state index in [1.54, 1.807) is 24.3 Å². The highest BCUT2D eigenvalue weighted by Gasteiger charge is 2.18. The van der Waals surface area contributed by atoms with Gasteiger partial charge in [0.25, 0.3) is 10.0 Å². The van der Waals surface area contributed by atoms with Gasteiger partial charge in [-0.05, 0) is 48.9 Å². The summed E-state index contributed by atoms with van der Waals surface area (Å²) < 4.78 is 27.7. The molecule has 3 aromatic rings. The lowest BCUT2D eigenvalue weighted by Crippen LogP contribution is -2.13. The summed E-state index contributed by atoms with van der Waals surface area (Å²) in [5.74, 6) is 0.445. The number of pyridine rings is 1. The van der Waals surface area contributed by atoms with Crippen molar-refractivity contribution in [1.29, 1.82) is 0 Å². The van der Waals surface area contributed by atoms with E-state index in [1.807, 2.05) is 25.1 Å². The van der Waals surface area contributed by atoms with E-state index in [9.17, 15) is 8.42 Å². The number of halogens is 1. The highest BCUT2D eigenvalue weighted by atomic mass is 35.5. The van der Waals surface area contributed by atoms with Gasteiger partial charge in [0.1, 0.15) is 11.5 Å². The van der Waals surface area contributed by atoms with Crippen molar-refractivity contribution in [2.45, 2.75) is 18.4 Å². The van der Waals surface area contributed by atoms with E-state index in [0.29, 0.717) is 28.8 Å². The predicted molar refractivity (Wildman–Crippen MR) is 111 cm³/mol. The molecule has 1 aliphatic heterocycles. The quantitative estimate of drug-likeness (QED) is 0.682. The summed E-state index contributed by atoms with van der Waals surface area (Å²) in [4.78, 5) is 8.92. The SMILES string of the molecule is Cc1cc(NS(=O)(=O)c2cccc(Cl)c2)ccc1-c1ccc2c(n1)C(N)=NC2. The Balaban J connectivity index is 1.64. The maximum absolute atomic E-state index is 12.6. The second-order valence-electron chi connectivity index (χ2n) is 6.50. The molecule has 142 valence electrons. The minimum atomic E-state index is -3.73. The molecule has 0 amide bonds. The lowest BCUT2D eigenvalue weighted by atomic mass is 10.0. The largest absolute Gasteiger partial charge is 0.382 e. The van der Waals surface area contributed by atoms with Crippen LogP contribution in [0.1, 0.15) is 16.8 Å². The third-order valence-electron chi connectivity index (χ3n) is 4.50. The normalized spacial score (nSPS) is 13.1. The van der Waals surface area contributed by atoms with E-state index in [4.69, 9.17) is 17.3 Å². The van der Waals surface area contributed by atoms with Gasteiger partial charge < -0.3 is 5.73 Å². The number of anilines is 1. The molecule has 4 rings (SSSR count). The number of benzene rings is 2. The first-order valence-electron chi connectivity index (χ1n) is 8.53. The second-order valence-corrected chi connectivity index (χ2v) is 8.62. The average Bonchev–Trinajstić information content (AvgIpc) is 3.02. The lowest BCUT2D eigenvalue weighted by Gasteiger charge is -2.12. The number of nitrogens with two attached hydrogens (primary N) is 1. The van der Waals surface area contributed by atoms with E-state index >= 15 is 0 Å². The number of amidine groups is 1. The van der Waals surface area contributed by atoms with Crippen LogP contribution in [0.25, 0.3) is 11.3 Å². The van der Waals surface area contributed by atoms with Crippen molar-refractivity contribution in [2.75, 3.05) is 4.72 Å². The van der Waals surface area contributed by atoms with Crippen LogP contribution in [0, 0.1) is 6.92 Å². The third-order valence-corrected chi connectivity index (χ3v) is 6.12. The summed E-state index contributed by atoms with van der Waals surface area (Å²) in [6, 6.07) is 15.3. The summed E-state index contributed by atoms with van der Waals surface area (Å²) >= 11 is 5.90. The van der Waals surface area contributed by atoms with Crippen molar-refractivity contribution >= 4 is 33.1 Å². The molecule has 0 saturated heterocycles. The number of hydrogen-bond acceptors (Lipinski definition) is 5. The van der Waals surface area contributed by atoms with Crippen molar-refractivity contribution < 1.29 is 8.42 Å². The fraction of sp³-hybridized carbons (Fsp3) is 0.100. The van der Waals surface area contributed by atoms with Gasteiger partial charge >= 0.3 is 0 Å². The van der Waals surface area contributed by atoms with Crippen molar-refractivity contribution in [3.05, 3.63) is 76.4 Å². The third kappa shape index (κ3) is 3.46. The number of fused-ring (bicyclic) bond motifs is 1. The van der Waals surface area contributed by atoms with Gasteiger partial charge in [0.2, 0.25) is 0 Å². The standard InChI is InChI=1S/C20H17ClN4O2S/c1-12-9-15(25-28(26,27)16-4-2-3-14(21)10-16)6-7-17(12)18-8-5-13-11-23-20(22)19(13)24-18/h2-10,25H,11H2,1H3,(H2,22,23). The van der Waals surface area contributed by atoms with Crippen molar-refractivity contribution in [3.8, 4) is 11.3 Å². The molecule has 0 spiro atoms. The molecule has 0 radical (unpaired) electrons. The first-order chi connectivity index (χ1) is 13.3. The summed E-state index contributed by atoms with van der Waals surface area (Å²) in [6.07, 6.45) is 0. The Morgan fingerprint density at radius 1 is 1.11 bits per heavy atom. The molecule has 6 nitrogen and oxygen atoms in total. The first kappa shape index (κ1) is 18.5. The van der Waals surface area contributed by atoms with Gasteiger partial charge in [-0.2, -0.15) is 0 Å². The first-order valence-corrected chi connectivity index (χ1v) is 10.4. The fourth-order valence-electron chi connectivity index (χ4n) is 3.10. The molecule has 0 unspecified atom stereocenters. The van der Waals surface area contributed by atoms with Crippen LogP contribution in [0.15, 0.2) is 64.5 Å². The number of aromatic nitrogens is 1. The van der Waals surface area contributed by atoms with E-state index in [-0.39, 0.29) is 4.90 Å². The van der Waals surface area contributed by atoms with Gasteiger partial charge in [-0.1, -0.05) is 29.8 Å². The molecule has 28 heavy (non-hydrogen) atoms. The zero-order valence-corrected chi connectivity index (χ0v) is 16.6. The van der Waals surface area contributed by atoms with Gasteiger partial charge in [-0.25, -0.2) is 13.4 Å². The van der Waals surface area contributed by atoms with Gasteiger partial charge in [0, 0.05) is 21.8 Å². The van der Waals surface area contributed by atoms with Crippen LogP contribution in [0.5, 0.6) is 0 Å². The Morgan fingerprint density at radius 2 is 1.93 bits per heavy atom. The molecule has 3 N–H and O–H groups in total. The van der Waals surface area contributed by atoms with Crippen LogP contribution < -0.4 is 10.5 Å². The second kappa shape index (κ2) is 6.92. The topological polar surface area (TPSA) is 97.4 Å². The van der Waals surface area contributed by atoms with E-state index < -0.39 is 10.0 Å². The molecular weight excluding hydrogens is 396 g/mol. The van der Waals surface area contributed by atoms with Crippen molar-refractivity contribution in [3.63, 3.8) is 0 Å². The maximum Gasteiger partial charge on any atom is 0.261 e. The van der Waals surface area contributed by atoms with Crippen LogP contribution >= 0.6 is 11.6 Å². The summed E-state index contributed by atoms with van der Waals surface area (Å²) in [7, 11) is -3.73. The molecule has 0 atom stereocenters. The molecule has 1 aromatic heterocycles. The monoisotopic (exact) mass is 412 g/mol. The van der Waals surface area contributed by atoms with Crippen LogP contribution in [0.3, 0.4) is 0 Å². The van der Waals surface area contributed by atoms with Gasteiger partial charge in [-0.3, -0.25) is 9.71 Å². The lowest BCUT2D eigenvalue weighted by molar-refractivity contribution is 0.601. The number of nitrogens with one attached hydrogen (secondary N) is 1. The Morgan fingerprint density at radius 3 is 2.68 bits per heavy atom. The Kier molecular flexibility index (Phi) is 4.56. The molecule has 0 aliphatic carbocycles. The smallest absolute Gasteiger partial charge is 0.261 e. The van der Waals surface area contributed by atoms with Crippen LogP contribution in [-0.4, -0.2) is 19.2 Å². The Bertz CT molecular complexity index is 1220. The van der Waals surface area contributed by atoms with E-state index in [1.165, 1.54) is 12.1 Å². The van der Waals surface area contributed by atoms with Gasteiger partial charge in [0.15, 0.2) is 0 Å². The molecular formula is C20H17ClN4O2S. The minimum Gasteiger partial charge on any atom is -0.382 e. The van der Waals surface area contributed by atoms with Crippen molar-refractivity contribution in [1.82, 2.24) is 4.98 Å². The number of hydrogen-bond donors (Lipinski definition) is 2. The predicted octanol–water partition coefficient (Wildman–Crippen LogP) is 3.73. The van der Waals surface area contributed by atoms with E-state index in [2.05, 4.69) is 14.7 Å². The van der Waals surface area contributed by atoms with E-state index in [0.717, 1.165) is 22.4 Å². The number of rotatable bonds is 4. The number of sulfonamides is 1. The molecule has 0 fully saturated rings. The Hall–Kier alpha value is -2.90. The maximum atomic E-state index is 12.6. The van der Waals surface area contributed by atoms with Crippen LogP contribution in [0.2, 0.25) is 5.02 Å². The highest BCUT2D eigenvalue weighted by Crippen LogP contribution is 2.28. The number of aryl methyl sites for hydroxylation is 1. The van der Waals surface area contributed by atoms with Crippen molar-refractivity contribution in [2.24, 2.45) is 10.7 Å². The molecule has 0 saturated carbocycles. The summed E-state index contributed by atoms with van der Waals surface area (Å²) in [5.41, 5.74) is 10.6. The Labute approximate surface area is 168 Å². The summed E-state index contributed by atoms with van der Waals surface area (Å²) in [5, 5.41) is 0.361. The molecule has 0 bridgehead atoms. The number of aliphatic imine (C=N–C) groups is 1. The molecule has 2 heterocycles. The van der Waals surface area contributed by atoms with Gasteiger partial charge in [0.05, 0.1) is 17.1 Å². The zero-order chi connectivity index (χ0) is 19.9.